The van der Waals surface area contributed by atoms with Crippen LogP contribution in [0.25, 0.3) is 0 Å². The Bertz CT molecular complexity index is 310. The van der Waals surface area contributed by atoms with Crippen molar-refractivity contribution in [2.75, 3.05) is 0 Å². The molecule has 0 fully saturated rings. The number of nitrogens with zero attached hydrogens (tertiary/aromatic N) is 2. The molecule has 0 saturated carbocycles. The van der Waals surface area contributed by atoms with E-state index >= 15 is 0 Å². The molecule has 1 rings (SSSR count). The number of carbonyl (C=O) groups is 1. The van der Waals surface area contributed by atoms with Crippen LogP contribution in [-0.4, -0.2) is 20.9 Å². The van der Waals surface area contributed by atoms with Gasteiger partial charge in [-0.25, -0.2) is 0 Å². The summed E-state index contributed by atoms with van der Waals surface area (Å²) in [4.78, 5) is 10.9. The third kappa shape index (κ3) is 2.73. The fourth-order valence-corrected chi connectivity index (χ4v) is 1.35. The Kier molecular flexibility index (Phi) is 4.63. The van der Waals surface area contributed by atoms with Crippen LogP contribution in [0.15, 0.2) is 12.3 Å². The summed E-state index contributed by atoms with van der Waals surface area (Å²) in [5, 5.41) is 13.0. The molecule has 1 atom stereocenters. The summed E-state index contributed by atoms with van der Waals surface area (Å²) in [5.74, 6) is -1.25. The molecule has 5 heteroatoms. The Balaban J connectivity index is 0.00000169. The summed E-state index contributed by atoms with van der Waals surface area (Å²) in [6, 6.07) is 1.75. The van der Waals surface area contributed by atoms with E-state index in [-0.39, 0.29) is 18.3 Å². The first-order valence-electron chi connectivity index (χ1n) is 4.24. The van der Waals surface area contributed by atoms with Crippen molar-refractivity contribution in [1.82, 2.24) is 9.78 Å². The highest BCUT2D eigenvalue weighted by Crippen LogP contribution is 2.22. The Hall–Kier alpha value is -1.03. The Morgan fingerprint density at radius 1 is 1.57 bits per heavy atom. The van der Waals surface area contributed by atoms with Gasteiger partial charge in [0.15, 0.2) is 0 Å². The van der Waals surface area contributed by atoms with E-state index in [1.54, 1.807) is 24.0 Å². The number of aryl methyl sites for hydroxylation is 1. The highest BCUT2D eigenvalue weighted by atomic mass is 35.5. The average molecular weight is 219 g/mol. The van der Waals surface area contributed by atoms with Gasteiger partial charge in [-0.3, -0.25) is 9.48 Å². The van der Waals surface area contributed by atoms with E-state index in [1.165, 1.54) is 0 Å². The van der Waals surface area contributed by atoms with Gasteiger partial charge in [0, 0.05) is 13.2 Å². The molecule has 0 aliphatic rings. The smallest absolute Gasteiger partial charge is 0.312 e. The highest BCUT2D eigenvalue weighted by Gasteiger charge is 2.25. The van der Waals surface area contributed by atoms with Crippen molar-refractivity contribution in [2.24, 2.45) is 13.0 Å². The van der Waals surface area contributed by atoms with E-state index in [2.05, 4.69) is 5.10 Å². The summed E-state index contributed by atoms with van der Waals surface area (Å²) < 4.78 is 1.62. The minimum Gasteiger partial charge on any atom is -0.481 e. The second-order valence-electron chi connectivity index (χ2n) is 3.47. The molecule has 0 aliphatic carbocycles. The maximum Gasteiger partial charge on any atom is 0.312 e. The van der Waals surface area contributed by atoms with Crippen LogP contribution >= 0.6 is 12.4 Å². The molecule has 0 aromatic carbocycles. The number of aromatic nitrogens is 2. The van der Waals surface area contributed by atoms with E-state index in [4.69, 9.17) is 5.11 Å². The Labute approximate surface area is 89.3 Å². The third-order valence-electron chi connectivity index (χ3n) is 1.99. The molecule has 1 unspecified atom stereocenters. The van der Waals surface area contributed by atoms with Crippen LogP contribution in [0.4, 0.5) is 0 Å². The van der Waals surface area contributed by atoms with Crippen molar-refractivity contribution in [1.29, 1.82) is 0 Å². The lowest BCUT2D eigenvalue weighted by molar-refractivity contribution is -0.140. The average Bonchev–Trinajstić information content (AvgIpc) is 2.34. The predicted octanol–water partition coefficient (Wildman–Crippen LogP) is 1.67. The zero-order valence-corrected chi connectivity index (χ0v) is 9.28. The minimum atomic E-state index is -0.811. The molecule has 14 heavy (non-hydrogen) atoms. The molecule has 4 nitrogen and oxygen atoms in total. The Morgan fingerprint density at radius 3 is 2.43 bits per heavy atom. The molecule has 0 spiro atoms. The largest absolute Gasteiger partial charge is 0.481 e. The zero-order valence-electron chi connectivity index (χ0n) is 8.47. The lowest BCUT2D eigenvalue weighted by Gasteiger charge is -2.12. The van der Waals surface area contributed by atoms with Crippen LogP contribution in [0.3, 0.4) is 0 Å². The van der Waals surface area contributed by atoms with E-state index in [0.29, 0.717) is 5.69 Å². The number of hydrogen-bond acceptors (Lipinski definition) is 2. The van der Waals surface area contributed by atoms with E-state index < -0.39 is 11.9 Å². The number of aliphatic carboxylic acids is 1. The van der Waals surface area contributed by atoms with Crippen molar-refractivity contribution in [3.63, 3.8) is 0 Å². The fourth-order valence-electron chi connectivity index (χ4n) is 1.35. The quantitative estimate of drug-likeness (QED) is 0.840. The molecular formula is C9H15ClN2O2. The van der Waals surface area contributed by atoms with Crippen LogP contribution < -0.4 is 0 Å². The van der Waals surface area contributed by atoms with Crippen molar-refractivity contribution >= 4 is 18.4 Å². The lowest BCUT2D eigenvalue weighted by Crippen LogP contribution is -2.18. The molecule has 1 N–H and O–H groups in total. The van der Waals surface area contributed by atoms with Gasteiger partial charge < -0.3 is 5.11 Å². The summed E-state index contributed by atoms with van der Waals surface area (Å²) in [6.45, 7) is 3.76. The minimum absolute atomic E-state index is 0. The van der Waals surface area contributed by atoms with Crippen molar-refractivity contribution in [3.8, 4) is 0 Å². The molecule has 1 heterocycles. The molecule has 0 aliphatic heterocycles. The van der Waals surface area contributed by atoms with Gasteiger partial charge in [0.1, 0.15) is 5.92 Å². The van der Waals surface area contributed by atoms with E-state index in [1.807, 2.05) is 13.8 Å². The van der Waals surface area contributed by atoms with Crippen LogP contribution in [0.5, 0.6) is 0 Å². The second-order valence-corrected chi connectivity index (χ2v) is 3.47. The number of hydrogen-bond donors (Lipinski definition) is 1. The van der Waals surface area contributed by atoms with Crippen molar-refractivity contribution in [3.05, 3.63) is 18.0 Å². The predicted molar refractivity (Wildman–Crippen MR) is 55.7 cm³/mol. The van der Waals surface area contributed by atoms with Gasteiger partial charge in [-0.1, -0.05) is 13.8 Å². The molecule has 1 aromatic heterocycles. The van der Waals surface area contributed by atoms with E-state index in [0.717, 1.165) is 0 Å². The summed E-state index contributed by atoms with van der Waals surface area (Å²) in [7, 11) is 1.78. The third-order valence-corrected chi connectivity index (χ3v) is 1.99. The van der Waals surface area contributed by atoms with Crippen molar-refractivity contribution in [2.45, 2.75) is 19.8 Å². The maximum atomic E-state index is 10.9. The SMILES string of the molecule is CC(C)C(C(=O)O)c1ccn(C)n1.Cl. The fraction of sp³-hybridized carbons (Fsp3) is 0.556. The number of rotatable bonds is 3. The van der Waals surface area contributed by atoms with Crippen molar-refractivity contribution < 1.29 is 9.90 Å². The zero-order chi connectivity index (χ0) is 10.0. The van der Waals surface area contributed by atoms with Crippen LogP contribution in [0, 0.1) is 5.92 Å². The van der Waals surface area contributed by atoms with Gasteiger partial charge in [-0.05, 0) is 12.0 Å². The summed E-state index contributed by atoms with van der Waals surface area (Å²) in [5.41, 5.74) is 0.630. The van der Waals surface area contributed by atoms with Gasteiger partial charge in [0.05, 0.1) is 5.69 Å². The number of carboxylic acid groups (broad SMARTS) is 1. The molecule has 0 radical (unpaired) electrons. The molecular weight excluding hydrogens is 204 g/mol. The van der Waals surface area contributed by atoms with Crippen LogP contribution in [-0.2, 0) is 11.8 Å². The molecule has 1 aromatic rings. The second kappa shape index (κ2) is 5.00. The normalized spacial score (nSPS) is 12.3. The topological polar surface area (TPSA) is 55.1 Å². The lowest BCUT2D eigenvalue weighted by atomic mass is 9.93. The summed E-state index contributed by atoms with van der Waals surface area (Å²) >= 11 is 0. The van der Waals surface area contributed by atoms with Gasteiger partial charge >= 0.3 is 5.97 Å². The van der Waals surface area contributed by atoms with E-state index in [9.17, 15) is 4.79 Å². The van der Waals surface area contributed by atoms with Gasteiger partial charge in [-0.2, -0.15) is 5.10 Å². The number of halogens is 1. The van der Waals surface area contributed by atoms with Gasteiger partial charge in [0.2, 0.25) is 0 Å². The monoisotopic (exact) mass is 218 g/mol. The maximum absolute atomic E-state index is 10.9. The molecule has 0 saturated heterocycles. The first-order valence-corrected chi connectivity index (χ1v) is 4.24. The molecule has 0 amide bonds. The first kappa shape index (κ1) is 13.0. The highest BCUT2D eigenvalue weighted by molar-refractivity contribution is 5.85. The Morgan fingerprint density at radius 2 is 2.14 bits per heavy atom. The van der Waals surface area contributed by atoms with Gasteiger partial charge in [-0.15, -0.1) is 12.4 Å². The molecule has 0 bridgehead atoms. The van der Waals surface area contributed by atoms with Crippen LogP contribution in [0.1, 0.15) is 25.5 Å². The van der Waals surface area contributed by atoms with Crippen LogP contribution in [0.2, 0.25) is 0 Å². The standard InChI is InChI=1S/C9H14N2O2.ClH/c1-6(2)8(9(12)13)7-4-5-11(3)10-7;/h4-6,8H,1-3H3,(H,12,13);1H. The molecule has 80 valence electrons. The summed E-state index contributed by atoms with van der Waals surface area (Å²) in [6.07, 6.45) is 1.76. The number of carboxylic acids is 1. The first-order chi connectivity index (χ1) is 6.02. The van der Waals surface area contributed by atoms with Gasteiger partial charge in [0.25, 0.3) is 0 Å².